The molecular formula is C10H15N5O. The fourth-order valence-electron chi connectivity index (χ4n) is 1.77. The van der Waals surface area contributed by atoms with E-state index in [1.54, 1.807) is 0 Å². The van der Waals surface area contributed by atoms with Crippen molar-refractivity contribution in [3.8, 4) is 0 Å². The van der Waals surface area contributed by atoms with E-state index in [-0.39, 0.29) is 11.9 Å². The highest BCUT2D eigenvalue weighted by Gasteiger charge is 2.21. The minimum atomic E-state index is -0.187. The molecule has 0 radical (unpaired) electrons. The van der Waals surface area contributed by atoms with Gasteiger partial charge in [-0.05, 0) is 20.0 Å². The standard InChI is InChI=1S/C10H15N5O/c1-15-3-2-7(6-15)14-10(16)8-4-13-9(11)5-12-8/h4-5,7H,2-3,6H2,1H3,(H2,11,13)(H,14,16). The molecule has 1 aromatic rings. The Kier molecular flexibility index (Phi) is 3.00. The largest absolute Gasteiger partial charge is 0.382 e. The zero-order chi connectivity index (χ0) is 11.5. The fourth-order valence-corrected chi connectivity index (χ4v) is 1.77. The third-order valence-corrected chi connectivity index (χ3v) is 2.63. The summed E-state index contributed by atoms with van der Waals surface area (Å²) in [5, 5.41) is 2.92. The first kappa shape index (κ1) is 10.8. The summed E-state index contributed by atoms with van der Waals surface area (Å²) in [5.74, 6) is 0.130. The molecule has 86 valence electrons. The van der Waals surface area contributed by atoms with E-state index in [2.05, 4.69) is 20.2 Å². The number of nitrogens with zero attached hydrogens (tertiary/aromatic N) is 3. The van der Waals surface area contributed by atoms with Crippen molar-refractivity contribution in [3.05, 3.63) is 18.1 Å². The molecule has 1 aliphatic heterocycles. The summed E-state index contributed by atoms with van der Waals surface area (Å²) < 4.78 is 0. The van der Waals surface area contributed by atoms with Gasteiger partial charge in [-0.1, -0.05) is 0 Å². The van der Waals surface area contributed by atoms with Crippen LogP contribution in [0.5, 0.6) is 0 Å². The lowest BCUT2D eigenvalue weighted by Crippen LogP contribution is -2.36. The zero-order valence-electron chi connectivity index (χ0n) is 9.18. The van der Waals surface area contributed by atoms with Crippen molar-refractivity contribution < 1.29 is 4.79 Å². The van der Waals surface area contributed by atoms with E-state index in [1.165, 1.54) is 12.4 Å². The van der Waals surface area contributed by atoms with Crippen molar-refractivity contribution in [2.75, 3.05) is 25.9 Å². The summed E-state index contributed by atoms with van der Waals surface area (Å²) >= 11 is 0. The van der Waals surface area contributed by atoms with Crippen molar-refractivity contribution >= 4 is 11.7 Å². The van der Waals surface area contributed by atoms with Gasteiger partial charge in [-0.25, -0.2) is 9.97 Å². The number of anilines is 1. The van der Waals surface area contributed by atoms with Crippen LogP contribution in [0.1, 0.15) is 16.9 Å². The fraction of sp³-hybridized carbons (Fsp3) is 0.500. The molecule has 1 saturated heterocycles. The predicted molar refractivity (Wildman–Crippen MR) is 59.8 cm³/mol. The lowest BCUT2D eigenvalue weighted by atomic mass is 10.2. The maximum absolute atomic E-state index is 11.7. The van der Waals surface area contributed by atoms with E-state index in [9.17, 15) is 4.79 Å². The molecule has 16 heavy (non-hydrogen) atoms. The van der Waals surface area contributed by atoms with Gasteiger partial charge in [0.25, 0.3) is 5.91 Å². The number of likely N-dealkylation sites (tertiary alicyclic amines) is 1. The Balaban J connectivity index is 1.95. The van der Waals surface area contributed by atoms with E-state index >= 15 is 0 Å². The van der Waals surface area contributed by atoms with E-state index in [0.29, 0.717) is 11.5 Å². The Morgan fingerprint density at radius 1 is 1.56 bits per heavy atom. The molecule has 0 aromatic carbocycles. The second kappa shape index (κ2) is 4.44. The van der Waals surface area contributed by atoms with Crippen LogP contribution in [0, 0.1) is 0 Å². The molecule has 0 spiro atoms. The number of amides is 1. The van der Waals surface area contributed by atoms with Crippen LogP contribution in [0.3, 0.4) is 0 Å². The van der Waals surface area contributed by atoms with Gasteiger partial charge in [-0.15, -0.1) is 0 Å². The maximum atomic E-state index is 11.7. The van der Waals surface area contributed by atoms with Gasteiger partial charge in [-0.2, -0.15) is 0 Å². The summed E-state index contributed by atoms with van der Waals surface area (Å²) in [5.41, 5.74) is 5.71. The summed E-state index contributed by atoms with van der Waals surface area (Å²) in [4.78, 5) is 21.7. The van der Waals surface area contributed by atoms with Crippen LogP contribution in [0.2, 0.25) is 0 Å². The van der Waals surface area contributed by atoms with Gasteiger partial charge in [0.2, 0.25) is 0 Å². The Morgan fingerprint density at radius 2 is 2.38 bits per heavy atom. The minimum absolute atomic E-state index is 0.187. The van der Waals surface area contributed by atoms with Gasteiger partial charge in [0, 0.05) is 12.6 Å². The first-order chi connectivity index (χ1) is 7.65. The van der Waals surface area contributed by atoms with Gasteiger partial charge < -0.3 is 16.0 Å². The van der Waals surface area contributed by atoms with Crippen LogP contribution in [0.4, 0.5) is 5.82 Å². The van der Waals surface area contributed by atoms with Crippen LogP contribution < -0.4 is 11.1 Å². The number of nitrogens with two attached hydrogens (primary N) is 1. The summed E-state index contributed by atoms with van der Waals surface area (Å²) in [6.45, 7) is 1.90. The number of rotatable bonds is 2. The van der Waals surface area contributed by atoms with Crippen LogP contribution >= 0.6 is 0 Å². The molecule has 6 heteroatoms. The van der Waals surface area contributed by atoms with Crippen LogP contribution in [-0.2, 0) is 0 Å². The van der Waals surface area contributed by atoms with Gasteiger partial charge in [0.1, 0.15) is 11.5 Å². The number of nitrogen functional groups attached to an aromatic ring is 1. The first-order valence-electron chi connectivity index (χ1n) is 5.22. The molecular weight excluding hydrogens is 206 g/mol. The number of carbonyl (C=O) groups is 1. The van der Waals surface area contributed by atoms with E-state index < -0.39 is 0 Å². The lowest BCUT2D eigenvalue weighted by Gasteiger charge is -2.12. The van der Waals surface area contributed by atoms with E-state index in [0.717, 1.165) is 19.5 Å². The Hall–Kier alpha value is -1.69. The van der Waals surface area contributed by atoms with E-state index in [1.807, 2.05) is 7.05 Å². The Morgan fingerprint density at radius 3 is 2.94 bits per heavy atom. The summed E-state index contributed by atoms with van der Waals surface area (Å²) in [7, 11) is 2.04. The average molecular weight is 221 g/mol. The second-order valence-electron chi connectivity index (χ2n) is 4.05. The van der Waals surface area contributed by atoms with Crippen LogP contribution in [0.15, 0.2) is 12.4 Å². The number of carbonyl (C=O) groups excluding carboxylic acids is 1. The molecule has 2 heterocycles. The molecule has 1 atom stereocenters. The van der Waals surface area contributed by atoms with Crippen LogP contribution in [0.25, 0.3) is 0 Å². The molecule has 0 aliphatic carbocycles. The van der Waals surface area contributed by atoms with Crippen molar-refractivity contribution in [2.24, 2.45) is 0 Å². The number of hydrogen-bond donors (Lipinski definition) is 2. The monoisotopic (exact) mass is 221 g/mol. The third kappa shape index (κ3) is 2.46. The second-order valence-corrected chi connectivity index (χ2v) is 4.05. The number of nitrogens with one attached hydrogen (secondary N) is 1. The summed E-state index contributed by atoms with van der Waals surface area (Å²) in [6.07, 6.45) is 3.75. The quantitative estimate of drug-likeness (QED) is 0.703. The van der Waals surface area contributed by atoms with Crippen molar-refractivity contribution in [1.82, 2.24) is 20.2 Å². The zero-order valence-corrected chi connectivity index (χ0v) is 9.18. The molecule has 6 nitrogen and oxygen atoms in total. The Bertz CT molecular complexity index is 377. The van der Waals surface area contributed by atoms with Gasteiger partial charge >= 0.3 is 0 Å². The Labute approximate surface area is 93.9 Å². The molecule has 1 fully saturated rings. The van der Waals surface area contributed by atoms with Crippen LogP contribution in [-0.4, -0.2) is 47.0 Å². The van der Waals surface area contributed by atoms with Gasteiger partial charge in [0.05, 0.1) is 12.4 Å². The molecule has 1 amide bonds. The average Bonchev–Trinajstić information content (AvgIpc) is 2.65. The number of aromatic nitrogens is 2. The van der Waals surface area contributed by atoms with Gasteiger partial charge in [-0.3, -0.25) is 4.79 Å². The molecule has 1 unspecified atom stereocenters. The van der Waals surface area contributed by atoms with Crippen molar-refractivity contribution in [2.45, 2.75) is 12.5 Å². The number of likely N-dealkylation sites (N-methyl/N-ethyl adjacent to an activating group) is 1. The maximum Gasteiger partial charge on any atom is 0.271 e. The molecule has 1 aliphatic rings. The normalized spacial score (nSPS) is 20.9. The predicted octanol–water partition coefficient (Wildman–Crippen LogP) is -0.507. The van der Waals surface area contributed by atoms with Crippen molar-refractivity contribution in [3.63, 3.8) is 0 Å². The first-order valence-corrected chi connectivity index (χ1v) is 5.22. The molecule has 3 N–H and O–H groups in total. The number of hydrogen-bond acceptors (Lipinski definition) is 5. The highest BCUT2D eigenvalue weighted by molar-refractivity contribution is 5.92. The molecule has 1 aromatic heterocycles. The highest BCUT2D eigenvalue weighted by atomic mass is 16.2. The minimum Gasteiger partial charge on any atom is -0.382 e. The SMILES string of the molecule is CN1CCC(NC(=O)c2cnc(N)cn2)C1. The topological polar surface area (TPSA) is 84.1 Å². The molecule has 0 saturated carbocycles. The smallest absolute Gasteiger partial charge is 0.271 e. The molecule has 0 bridgehead atoms. The lowest BCUT2D eigenvalue weighted by molar-refractivity contribution is 0.0933. The third-order valence-electron chi connectivity index (χ3n) is 2.63. The summed E-state index contributed by atoms with van der Waals surface area (Å²) in [6, 6.07) is 0.205. The highest BCUT2D eigenvalue weighted by Crippen LogP contribution is 2.07. The molecule has 2 rings (SSSR count). The van der Waals surface area contributed by atoms with E-state index in [4.69, 9.17) is 5.73 Å². The van der Waals surface area contributed by atoms with Gasteiger partial charge in [0.15, 0.2) is 0 Å². The van der Waals surface area contributed by atoms with Crippen molar-refractivity contribution in [1.29, 1.82) is 0 Å².